The first-order chi connectivity index (χ1) is 8.77. The monoisotopic (exact) mass is 242 g/mol. The molecule has 0 aliphatic carbocycles. The number of hydrogen-bond acceptors (Lipinski definition) is 2. The highest BCUT2D eigenvalue weighted by Gasteiger charge is 2.14. The molecule has 1 heterocycles. The van der Waals surface area contributed by atoms with Gasteiger partial charge in [0.1, 0.15) is 7.05 Å². The van der Waals surface area contributed by atoms with E-state index in [2.05, 4.69) is 10.9 Å². The summed E-state index contributed by atoms with van der Waals surface area (Å²) in [5, 5.41) is 0. The van der Waals surface area contributed by atoms with Crippen LogP contribution in [-0.2, 0) is 13.6 Å². The number of aromatic nitrogens is 1. The molecule has 0 radical (unpaired) electrons. The van der Waals surface area contributed by atoms with Crippen molar-refractivity contribution in [2.45, 2.75) is 6.54 Å². The summed E-state index contributed by atoms with van der Waals surface area (Å²) in [4.78, 5) is 11.9. The minimum absolute atomic E-state index is 0.144. The van der Waals surface area contributed by atoms with Crippen LogP contribution in [0.15, 0.2) is 54.7 Å². The number of aryl methyl sites for hydroxylation is 1. The second-order valence-electron chi connectivity index (χ2n) is 3.99. The molecule has 2 aromatic rings. The van der Waals surface area contributed by atoms with Gasteiger partial charge < -0.3 is 0 Å². The van der Waals surface area contributed by atoms with Crippen molar-refractivity contribution >= 4 is 5.91 Å². The molecule has 0 spiro atoms. The molecule has 0 atom stereocenters. The van der Waals surface area contributed by atoms with Crippen LogP contribution in [0.1, 0.15) is 16.1 Å². The van der Waals surface area contributed by atoms with Gasteiger partial charge in [-0.3, -0.25) is 10.2 Å². The van der Waals surface area contributed by atoms with E-state index in [0.717, 1.165) is 5.56 Å². The molecule has 0 aliphatic heterocycles. The summed E-state index contributed by atoms with van der Waals surface area (Å²) in [5.41, 5.74) is 7.32. The van der Waals surface area contributed by atoms with Crippen LogP contribution in [0.5, 0.6) is 0 Å². The van der Waals surface area contributed by atoms with Gasteiger partial charge in [-0.05, 0) is 11.6 Å². The molecule has 2 N–H and O–H groups in total. The lowest BCUT2D eigenvalue weighted by molar-refractivity contribution is -0.673. The van der Waals surface area contributed by atoms with Gasteiger partial charge in [0.2, 0.25) is 0 Å². The fraction of sp³-hybridized carbons (Fsp3) is 0.143. The summed E-state index contributed by atoms with van der Waals surface area (Å²) >= 11 is 0. The van der Waals surface area contributed by atoms with E-state index < -0.39 is 0 Å². The Bertz CT molecular complexity index is 526. The molecule has 1 aromatic carbocycles. The summed E-state index contributed by atoms with van der Waals surface area (Å²) in [6, 6.07) is 15.4. The van der Waals surface area contributed by atoms with Crippen molar-refractivity contribution in [2.24, 2.45) is 7.05 Å². The second-order valence-corrected chi connectivity index (χ2v) is 3.99. The lowest BCUT2D eigenvalue weighted by atomic mass is 10.2. The fourth-order valence-electron chi connectivity index (χ4n) is 1.65. The SMILES string of the molecule is C[n+]1ccccc1C(=O)NNCc1ccccc1. The molecule has 92 valence electrons. The molecule has 18 heavy (non-hydrogen) atoms. The largest absolute Gasteiger partial charge is 0.330 e. The third kappa shape index (κ3) is 3.15. The van der Waals surface area contributed by atoms with Crippen LogP contribution in [-0.4, -0.2) is 5.91 Å². The van der Waals surface area contributed by atoms with Gasteiger partial charge in [0, 0.05) is 18.7 Å². The number of pyridine rings is 1. The number of nitrogens with zero attached hydrogens (tertiary/aromatic N) is 1. The molecule has 0 unspecified atom stereocenters. The number of benzene rings is 1. The van der Waals surface area contributed by atoms with E-state index in [0.29, 0.717) is 12.2 Å². The van der Waals surface area contributed by atoms with E-state index in [-0.39, 0.29) is 5.91 Å². The molecular formula is C14H16N3O+. The van der Waals surface area contributed by atoms with Crippen LogP contribution in [0.4, 0.5) is 0 Å². The lowest BCUT2D eigenvalue weighted by Crippen LogP contribution is -2.44. The van der Waals surface area contributed by atoms with Crippen molar-refractivity contribution in [3.8, 4) is 0 Å². The zero-order valence-corrected chi connectivity index (χ0v) is 10.3. The molecular weight excluding hydrogens is 226 g/mol. The molecule has 0 bridgehead atoms. The van der Waals surface area contributed by atoms with Gasteiger partial charge in [0.05, 0.1) is 0 Å². The number of nitrogens with one attached hydrogen (secondary N) is 2. The Hall–Kier alpha value is -2.20. The normalized spacial score (nSPS) is 10.1. The van der Waals surface area contributed by atoms with Crippen LogP contribution >= 0.6 is 0 Å². The zero-order valence-electron chi connectivity index (χ0n) is 10.3. The quantitative estimate of drug-likeness (QED) is 0.619. The van der Waals surface area contributed by atoms with Gasteiger partial charge in [0.25, 0.3) is 5.69 Å². The maximum absolute atomic E-state index is 11.9. The summed E-state index contributed by atoms with van der Waals surface area (Å²) in [6.45, 7) is 0.600. The van der Waals surface area contributed by atoms with Crippen molar-refractivity contribution in [3.05, 3.63) is 66.0 Å². The van der Waals surface area contributed by atoms with Crippen LogP contribution in [0.25, 0.3) is 0 Å². The Labute approximate surface area is 106 Å². The van der Waals surface area contributed by atoms with Crippen LogP contribution < -0.4 is 15.4 Å². The third-order valence-corrected chi connectivity index (χ3v) is 2.62. The Morgan fingerprint density at radius 3 is 2.56 bits per heavy atom. The highest BCUT2D eigenvalue weighted by Crippen LogP contribution is 1.96. The predicted octanol–water partition coefficient (Wildman–Crippen LogP) is 0.946. The topological polar surface area (TPSA) is 45.0 Å². The van der Waals surface area contributed by atoms with Gasteiger partial charge in [-0.25, -0.2) is 5.43 Å². The van der Waals surface area contributed by atoms with Crippen molar-refractivity contribution in [2.75, 3.05) is 0 Å². The van der Waals surface area contributed by atoms with Crippen molar-refractivity contribution in [1.29, 1.82) is 0 Å². The molecule has 4 heteroatoms. The van der Waals surface area contributed by atoms with E-state index in [4.69, 9.17) is 0 Å². The van der Waals surface area contributed by atoms with Crippen LogP contribution in [0.3, 0.4) is 0 Å². The number of hydrogen-bond donors (Lipinski definition) is 2. The highest BCUT2D eigenvalue weighted by molar-refractivity contribution is 5.90. The Morgan fingerprint density at radius 1 is 1.11 bits per heavy atom. The number of amides is 1. The van der Waals surface area contributed by atoms with Gasteiger partial charge in [0.15, 0.2) is 6.20 Å². The fourth-order valence-corrected chi connectivity index (χ4v) is 1.65. The first kappa shape index (κ1) is 12.3. The van der Waals surface area contributed by atoms with Crippen molar-refractivity contribution in [3.63, 3.8) is 0 Å². The lowest BCUT2D eigenvalue weighted by Gasteiger charge is -2.05. The Kier molecular flexibility index (Phi) is 4.04. The zero-order chi connectivity index (χ0) is 12.8. The van der Waals surface area contributed by atoms with Gasteiger partial charge in [-0.1, -0.05) is 30.3 Å². The number of carbonyl (C=O) groups excluding carboxylic acids is 1. The van der Waals surface area contributed by atoms with Gasteiger partial charge >= 0.3 is 5.91 Å². The molecule has 0 saturated heterocycles. The molecule has 0 aliphatic rings. The Morgan fingerprint density at radius 2 is 1.83 bits per heavy atom. The smallest absolute Gasteiger partial charge is 0.282 e. The second kappa shape index (κ2) is 5.93. The first-order valence-electron chi connectivity index (χ1n) is 5.79. The van der Waals surface area contributed by atoms with Crippen LogP contribution in [0, 0.1) is 0 Å². The molecule has 0 fully saturated rings. The summed E-state index contributed by atoms with van der Waals surface area (Å²) < 4.78 is 1.78. The molecule has 1 aromatic heterocycles. The number of hydrazine groups is 1. The predicted molar refractivity (Wildman–Crippen MR) is 68.4 cm³/mol. The first-order valence-corrected chi connectivity index (χ1v) is 5.79. The minimum atomic E-state index is -0.144. The Balaban J connectivity index is 1.88. The average Bonchev–Trinajstić information content (AvgIpc) is 2.40. The number of rotatable bonds is 4. The highest BCUT2D eigenvalue weighted by atomic mass is 16.2. The molecule has 4 nitrogen and oxygen atoms in total. The summed E-state index contributed by atoms with van der Waals surface area (Å²) in [6.07, 6.45) is 1.84. The standard InChI is InChI=1S/C14H15N3O/c1-17-10-6-5-9-13(17)14(18)16-15-11-12-7-3-2-4-8-12/h2-10,18H,11H2,1H3/p+1. The minimum Gasteiger partial charge on any atom is -0.282 e. The van der Waals surface area contributed by atoms with E-state index in [9.17, 15) is 4.79 Å². The van der Waals surface area contributed by atoms with E-state index in [1.807, 2.05) is 55.7 Å². The van der Waals surface area contributed by atoms with E-state index in [1.54, 1.807) is 10.6 Å². The maximum Gasteiger partial charge on any atom is 0.330 e. The molecule has 2 rings (SSSR count). The van der Waals surface area contributed by atoms with Gasteiger partial charge in [-0.2, -0.15) is 4.57 Å². The maximum atomic E-state index is 11.9. The average molecular weight is 242 g/mol. The summed E-state index contributed by atoms with van der Waals surface area (Å²) in [7, 11) is 1.84. The summed E-state index contributed by atoms with van der Waals surface area (Å²) in [5.74, 6) is -0.144. The van der Waals surface area contributed by atoms with Crippen molar-refractivity contribution < 1.29 is 9.36 Å². The third-order valence-electron chi connectivity index (χ3n) is 2.62. The van der Waals surface area contributed by atoms with Crippen molar-refractivity contribution in [1.82, 2.24) is 10.9 Å². The molecule has 0 saturated carbocycles. The van der Waals surface area contributed by atoms with Crippen LogP contribution in [0.2, 0.25) is 0 Å². The van der Waals surface area contributed by atoms with E-state index in [1.165, 1.54) is 0 Å². The number of carbonyl (C=O) groups is 1. The molecule has 1 amide bonds. The van der Waals surface area contributed by atoms with Gasteiger partial charge in [-0.15, -0.1) is 0 Å². The van der Waals surface area contributed by atoms with E-state index >= 15 is 0 Å².